The van der Waals surface area contributed by atoms with E-state index in [2.05, 4.69) is 35.8 Å². The van der Waals surface area contributed by atoms with Gasteiger partial charge in [0.05, 0.1) is 0 Å². The molecule has 0 fully saturated rings. The molecule has 0 aromatic heterocycles. The molecule has 1 radical (unpaired) electrons. The first-order chi connectivity index (χ1) is 6.70. The highest BCUT2D eigenvalue weighted by Crippen LogP contribution is 2.28. The van der Waals surface area contributed by atoms with Crippen LogP contribution < -0.4 is 0 Å². The van der Waals surface area contributed by atoms with Crippen molar-refractivity contribution >= 4 is 15.9 Å². The number of rotatable bonds is 4. The van der Waals surface area contributed by atoms with E-state index in [0.717, 1.165) is 22.9 Å². The van der Waals surface area contributed by atoms with Crippen LogP contribution in [0.15, 0.2) is 22.7 Å². The summed E-state index contributed by atoms with van der Waals surface area (Å²) in [7, 11) is 0. The monoisotopic (exact) mass is 255 g/mol. The second kappa shape index (κ2) is 5.52. The van der Waals surface area contributed by atoms with E-state index in [1.807, 2.05) is 12.1 Å². The van der Waals surface area contributed by atoms with Gasteiger partial charge in [-0.15, -0.1) is 0 Å². The first-order valence-corrected chi connectivity index (χ1v) is 5.71. The zero-order chi connectivity index (χ0) is 10.6. The molecule has 0 saturated heterocycles. The molecule has 1 unspecified atom stereocenters. The van der Waals surface area contributed by atoms with Crippen LogP contribution in [-0.4, -0.2) is 11.7 Å². The zero-order valence-electron chi connectivity index (χ0n) is 8.46. The lowest BCUT2D eigenvalue weighted by Gasteiger charge is -2.13. The van der Waals surface area contributed by atoms with Crippen molar-refractivity contribution in [3.8, 4) is 0 Å². The molecule has 0 heterocycles. The highest BCUT2D eigenvalue weighted by atomic mass is 79.9. The van der Waals surface area contributed by atoms with Gasteiger partial charge >= 0.3 is 0 Å². The Hall–Kier alpha value is -0.340. The average Bonchev–Trinajstić information content (AvgIpc) is 2.20. The number of halogens is 1. The van der Waals surface area contributed by atoms with Crippen LogP contribution in [0, 0.1) is 6.92 Å². The number of benzene rings is 1. The summed E-state index contributed by atoms with van der Waals surface area (Å²) in [5.41, 5.74) is 2.39. The highest BCUT2D eigenvalue weighted by molar-refractivity contribution is 9.10. The molecule has 1 N–H and O–H groups in total. The van der Waals surface area contributed by atoms with Crippen molar-refractivity contribution < 1.29 is 5.11 Å². The quantitative estimate of drug-likeness (QED) is 0.876. The maximum Gasteiger partial charge on any atom is 0.0500 e. The summed E-state index contributed by atoms with van der Waals surface area (Å²) in [5.74, 6) is -0.0406. The van der Waals surface area contributed by atoms with E-state index in [9.17, 15) is 0 Å². The van der Waals surface area contributed by atoms with Gasteiger partial charge in [0.25, 0.3) is 0 Å². The van der Waals surface area contributed by atoms with Crippen molar-refractivity contribution in [2.24, 2.45) is 0 Å². The van der Waals surface area contributed by atoms with Crippen LogP contribution in [0.25, 0.3) is 0 Å². The van der Waals surface area contributed by atoms with E-state index in [1.165, 1.54) is 5.56 Å². The fourth-order valence-corrected chi connectivity index (χ4v) is 2.26. The molecule has 77 valence electrons. The molecule has 0 spiro atoms. The molecule has 2 heteroatoms. The summed E-state index contributed by atoms with van der Waals surface area (Å²) in [6, 6.07) is 6.15. The maximum absolute atomic E-state index is 9.05. The van der Waals surface area contributed by atoms with Gasteiger partial charge < -0.3 is 5.11 Å². The summed E-state index contributed by atoms with van der Waals surface area (Å²) < 4.78 is 1.11. The molecular formula is C12H16BrO. The minimum absolute atomic E-state index is 0.0406. The van der Waals surface area contributed by atoms with Gasteiger partial charge in [0.1, 0.15) is 0 Å². The van der Waals surface area contributed by atoms with E-state index in [4.69, 9.17) is 5.11 Å². The lowest BCUT2D eigenvalue weighted by atomic mass is 9.98. The number of hydrogen-bond donors (Lipinski definition) is 1. The van der Waals surface area contributed by atoms with Crippen molar-refractivity contribution in [2.45, 2.75) is 25.7 Å². The second-order valence-corrected chi connectivity index (χ2v) is 4.24. The summed E-state index contributed by atoms with van der Waals surface area (Å²) >= 11 is 3.57. The van der Waals surface area contributed by atoms with E-state index < -0.39 is 0 Å². The Morgan fingerprint density at radius 1 is 1.50 bits per heavy atom. The van der Waals surface area contributed by atoms with Crippen LogP contribution in [0.5, 0.6) is 0 Å². The third-order valence-electron chi connectivity index (χ3n) is 2.29. The summed E-state index contributed by atoms with van der Waals surface area (Å²) in [6.07, 6.45) is 2.19. The first kappa shape index (κ1) is 11.7. The van der Waals surface area contributed by atoms with E-state index >= 15 is 0 Å². The minimum Gasteiger partial charge on any atom is -0.396 e. The molecule has 0 aliphatic rings. The summed E-state index contributed by atoms with van der Waals surface area (Å²) in [5, 5.41) is 9.05. The van der Waals surface area contributed by atoms with Crippen LogP contribution in [0.4, 0.5) is 0 Å². The van der Waals surface area contributed by atoms with E-state index in [1.54, 1.807) is 0 Å². The molecular weight excluding hydrogens is 240 g/mol. The standard InChI is InChI=1S/C12H16BrO/c1-3-5-10-6-4-7-11(12(10)13)9(2)8-14/h4,6-7,9,14H,2-3,5,8H2,1H3. The van der Waals surface area contributed by atoms with Crippen molar-refractivity contribution in [2.75, 3.05) is 6.61 Å². The van der Waals surface area contributed by atoms with Gasteiger partial charge in [-0.2, -0.15) is 0 Å². The molecule has 0 aliphatic carbocycles. The average molecular weight is 256 g/mol. The van der Waals surface area contributed by atoms with E-state index in [-0.39, 0.29) is 12.5 Å². The first-order valence-electron chi connectivity index (χ1n) is 4.92. The van der Waals surface area contributed by atoms with Crippen LogP contribution >= 0.6 is 15.9 Å². The summed E-state index contributed by atoms with van der Waals surface area (Å²) in [4.78, 5) is 0. The van der Waals surface area contributed by atoms with Crippen molar-refractivity contribution in [3.05, 3.63) is 40.7 Å². The lowest BCUT2D eigenvalue weighted by molar-refractivity contribution is 0.282. The fourth-order valence-electron chi connectivity index (χ4n) is 1.48. The second-order valence-electron chi connectivity index (χ2n) is 3.45. The van der Waals surface area contributed by atoms with Gasteiger partial charge in [0.2, 0.25) is 0 Å². The van der Waals surface area contributed by atoms with Crippen LogP contribution in [0.3, 0.4) is 0 Å². The molecule has 0 saturated carbocycles. The lowest BCUT2D eigenvalue weighted by Crippen LogP contribution is -2.02. The Kier molecular flexibility index (Phi) is 4.63. The predicted molar refractivity (Wildman–Crippen MR) is 63.3 cm³/mol. The third kappa shape index (κ3) is 2.58. The topological polar surface area (TPSA) is 20.2 Å². The summed E-state index contributed by atoms with van der Waals surface area (Å²) in [6.45, 7) is 6.16. The Morgan fingerprint density at radius 2 is 2.21 bits per heavy atom. The van der Waals surface area contributed by atoms with Crippen molar-refractivity contribution in [1.82, 2.24) is 0 Å². The van der Waals surface area contributed by atoms with Gasteiger partial charge in [0.15, 0.2) is 0 Å². The minimum atomic E-state index is -0.0406. The third-order valence-corrected chi connectivity index (χ3v) is 3.26. The fraction of sp³-hybridized carbons (Fsp3) is 0.417. The largest absolute Gasteiger partial charge is 0.396 e. The predicted octanol–water partition coefficient (Wildman–Crippen LogP) is 3.31. The Morgan fingerprint density at radius 3 is 2.79 bits per heavy atom. The normalized spacial score (nSPS) is 12.9. The van der Waals surface area contributed by atoms with Gasteiger partial charge in [0, 0.05) is 17.0 Å². The highest BCUT2D eigenvalue weighted by Gasteiger charge is 2.10. The zero-order valence-corrected chi connectivity index (χ0v) is 10.0. The molecule has 1 aromatic carbocycles. The molecule has 14 heavy (non-hydrogen) atoms. The Balaban J connectivity index is 3.00. The number of aliphatic hydroxyl groups is 1. The van der Waals surface area contributed by atoms with Gasteiger partial charge in [-0.1, -0.05) is 47.5 Å². The molecule has 0 aliphatic heterocycles. The van der Waals surface area contributed by atoms with Gasteiger partial charge in [-0.3, -0.25) is 0 Å². The Labute approximate surface area is 94.3 Å². The van der Waals surface area contributed by atoms with Crippen LogP contribution in [0.2, 0.25) is 0 Å². The molecule has 1 rings (SSSR count). The van der Waals surface area contributed by atoms with Crippen molar-refractivity contribution in [1.29, 1.82) is 0 Å². The Bertz CT molecular complexity index is 296. The van der Waals surface area contributed by atoms with E-state index in [0.29, 0.717) is 0 Å². The number of aryl methyl sites for hydroxylation is 1. The van der Waals surface area contributed by atoms with Crippen LogP contribution in [0.1, 0.15) is 30.4 Å². The molecule has 1 nitrogen and oxygen atoms in total. The smallest absolute Gasteiger partial charge is 0.0500 e. The van der Waals surface area contributed by atoms with Crippen molar-refractivity contribution in [3.63, 3.8) is 0 Å². The number of hydrogen-bond acceptors (Lipinski definition) is 1. The van der Waals surface area contributed by atoms with Gasteiger partial charge in [-0.25, -0.2) is 0 Å². The van der Waals surface area contributed by atoms with Crippen LogP contribution in [-0.2, 0) is 6.42 Å². The molecule has 0 amide bonds. The SMILES string of the molecule is [CH2]C(CO)c1cccc(CCC)c1Br. The molecule has 1 atom stereocenters. The van der Waals surface area contributed by atoms with Gasteiger partial charge in [-0.05, 0) is 24.5 Å². The molecule has 1 aromatic rings. The maximum atomic E-state index is 9.05. The number of aliphatic hydroxyl groups excluding tert-OH is 1. The molecule has 0 bridgehead atoms.